The number of aromatic nitrogens is 1. The second-order valence-electron chi connectivity index (χ2n) is 6.59. The summed E-state index contributed by atoms with van der Waals surface area (Å²) in [7, 11) is 1.87. The Labute approximate surface area is 158 Å². The van der Waals surface area contributed by atoms with Gasteiger partial charge in [0, 0.05) is 37.3 Å². The van der Waals surface area contributed by atoms with Gasteiger partial charge < -0.3 is 14.2 Å². The van der Waals surface area contributed by atoms with E-state index in [1.165, 1.54) is 0 Å². The first-order chi connectivity index (χ1) is 12.6. The maximum atomic E-state index is 12.8. The van der Waals surface area contributed by atoms with Gasteiger partial charge >= 0.3 is 5.97 Å². The van der Waals surface area contributed by atoms with E-state index >= 15 is 0 Å². The van der Waals surface area contributed by atoms with Crippen molar-refractivity contribution in [1.29, 1.82) is 0 Å². The molecule has 0 aliphatic carbocycles. The molecule has 1 amide bonds. The minimum atomic E-state index is -0.386. The minimum Gasteiger partial charge on any atom is -0.462 e. The second-order valence-corrected chi connectivity index (χ2v) is 7.02. The number of piperidine rings is 1. The highest BCUT2D eigenvalue weighted by molar-refractivity contribution is 6.30. The number of esters is 1. The van der Waals surface area contributed by atoms with Crippen molar-refractivity contribution in [2.45, 2.75) is 31.7 Å². The van der Waals surface area contributed by atoms with Gasteiger partial charge in [0.25, 0.3) is 5.91 Å². The highest BCUT2D eigenvalue weighted by Gasteiger charge is 2.28. The van der Waals surface area contributed by atoms with E-state index in [9.17, 15) is 9.59 Å². The molecular formula is C20H23ClN2O3. The van der Waals surface area contributed by atoms with Crippen molar-refractivity contribution in [1.82, 2.24) is 9.47 Å². The second kappa shape index (κ2) is 8.41. The summed E-state index contributed by atoms with van der Waals surface area (Å²) >= 11 is 5.91. The fraction of sp³-hybridized carbons (Fsp3) is 0.400. The van der Waals surface area contributed by atoms with Crippen molar-refractivity contribution in [3.05, 3.63) is 58.9 Å². The lowest BCUT2D eigenvalue weighted by atomic mass is 9.99. The molecule has 26 heavy (non-hydrogen) atoms. The highest BCUT2D eigenvalue weighted by atomic mass is 35.5. The fourth-order valence-corrected chi connectivity index (χ4v) is 3.58. The number of carbonyl (C=O) groups is 2. The van der Waals surface area contributed by atoms with Crippen LogP contribution in [0.2, 0.25) is 5.02 Å². The van der Waals surface area contributed by atoms with Crippen LogP contribution >= 0.6 is 11.6 Å². The third-order valence-electron chi connectivity index (χ3n) is 4.80. The molecule has 1 saturated heterocycles. The Morgan fingerprint density at radius 3 is 2.81 bits per heavy atom. The average molecular weight is 375 g/mol. The van der Waals surface area contributed by atoms with Gasteiger partial charge in [0.05, 0.1) is 12.2 Å². The van der Waals surface area contributed by atoms with Crippen LogP contribution < -0.4 is 0 Å². The summed E-state index contributed by atoms with van der Waals surface area (Å²) < 4.78 is 7.23. The van der Waals surface area contributed by atoms with Crippen LogP contribution in [0.5, 0.6) is 0 Å². The van der Waals surface area contributed by atoms with E-state index in [0.29, 0.717) is 22.7 Å². The number of likely N-dealkylation sites (tertiary alicyclic amines) is 1. The van der Waals surface area contributed by atoms with E-state index < -0.39 is 0 Å². The Kier molecular flexibility index (Phi) is 5.99. The normalized spacial score (nSPS) is 17.2. The molecule has 1 aliphatic heterocycles. The van der Waals surface area contributed by atoms with Gasteiger partial charge in [-0.1, -0.05) is 17.7 Å². The molecule has 0 bridgehead atoms. The van der Waals surface area contributed by atoms with Gasteiger partial charge in [-0.15, -0.1) is 0 Å². The molecule has 1 aliphatic rings. The van der Waals surface area contributed by atoms with Gasteiger partial charge in [0.15, 0.2) is 0 Å². The average Bonchev–Trinajstić information content (AvgIpc) is 3.07. The molecule has 1 aromatic carbocycles. The first-order valence-electron chi connectivity index (χ1n) is 8.91. The smallest absolute Gasteiger partial charge is 0.338 e. The SMILES string of the molecule is Cn1cccc1C(=O)N1CCCCC1CCOC(=O)c1cccc(Cl)c1. The standard InChI is InChI=1S/C20H23ClN2O3/c1-22-11-5-9-18(22)19(24)23-12-3-2-8-17(23)10-13-26-20(25)15-6-4-7-16(21)14-15/h4-7,9,11,14,17H,2-3,8,10,12-13H2,1H3. The number of aryl methyl sites for hydroxylation is 1. The van der Waals surface area contributed by atoms with Crippen molar-refractivity contribution in [2.75, 3.05) is 13.2 Å². The highest BCUT2D eigenvalue weighted by Crippen LogP contribution is 2.22. The van der Waals surface area contributed by atoms with Gasteiger partial charge in [-0.2, -0.15) is 0 Å². The molecule has 0 saturated carbocycles. The molecule has 3 rings (SSSR count). The van der Waals surface area contributed by atoms with Gasteiger partial charge in [0.2, 0.25) is 0 Å². The Balaban J connectivity index is 1.58. The molecule has 2 heterocycles. The first kappa shape index (κ1) is 18.5. The van der Waals surface area contributed by atoms with Crippen LogP contribution in [0.1, 0.15) is 46.5 Å². The summed E-state index contributed by atoms with van der Waals surface area (Å²) in [6.07, 6.45) is 5.55. The predicted octanol–water partition coefficient (Wildman–Crippen LogP) is 3.92. The molecule has 1 unspecified atom stereocenters. The van der Waals surface area contributed by atoms with Crippen molar-refractivity contribution in [2.24, 2.45) is 7.05 Å². The lowest BCUT2D eigenvalue weighted by molar-refractivity contribution is 0.0406. The van der Waals surface area contributed by atoms with Crippen molar-refractivity contribution >= 4 is 23.5 Å². The molecule has 0 spiro atoms. The van der Waals surface area contributed by atoms with E-state index in [0.717, 1.165) is 25.8 Å². The monoisotopic (exact) mass is 374 g/mol. The van der Waals surface area contributed by atoms with Gasteiger partial charge in [-0.25, -0.2) is 4.79 Å². The Morgan fingerprint density at radius 2 is 2.08 bits per heavy atom. The topological polar surface area (TPSA) is 51.5 Å². The maximum absolute atomic E-state index is 12.8. The first-order valence-corrected chi connectivity index (χ1v) is 9.29. The molecule has 2 aromatic rings. The number of halogens is 1. The molecule has 0 N–H and O–H groups in total. The molecule has 138 valence electrons. The zero-order chi connectivity index (χ0) is 18.5. The van der Waals surface area contributed by atoms with Crippen LogP contribution in [-0.2, 0) is 11.8 Å². The van der Waals surface area contributed by atoms with Crippen LogP contribution in [0.3, 0.4) is 0 Å². The number of rotatable bonds is 5. The molecule has 1 fully saturated rings. The zero-order valence-electron chi connectivity index (χ0n) is 14.9. The molecule has 1 atom stereocenters. The number of hydrogen-bond donors (Lipinski definition) is 0. The maximum Gasteiger partial charge on any atom is 0.338 e. The molecule has 6 heteroatoms. The lowest BCUT2D eigenvalue weighted by Crippen LogP contribution is -2.44. The summed E-state index contributed by atoms with van der Waals surface area (Å²) in [5.74, 6) is -0.341. The van der Waals surface area contributed by atoms with E-state index in [2.05, 4.69) is 0 Å². The molecule has 0 radical (unpaired) electrons. The number of amides is 1. The van der Waals surface area contributed by atoms with Crippen molar-refractivity contribution in [3.63, 3.8) is 0 Å². The third-order valence-corrected chi connectivity index (χ3v) is 5.03. The predicted molar refractivity (Wildman–Crippen MR) is 100 cm³/mol. The summed E-state index contributed by atoms with van der Waals surface area (Å²) in [6, 6.07) is 10.5. The van der Waals surface area contributed by atoms with Crippen LogP contribution in [0.4, 0.5) is 0 Å². The van der Waals surface area contributed by atoms with Crippen LogP contribution in [0, 0.1) is 0 Å². The number of carbonyl (C=O) groups excluding carboxylic acids is 2. The van der Waals surface area contributed by atoms with E-state index in [-0.39, 0.29) is 24.5 Å². The van der Waals surface area contributed by atoms with Crippen LogP contribution in [-0.4, -0.2) is 40.5 Å². The minimum absolute atomic E-state index is 0.0448. The summed E-state index contributed by atoms with van der Waals surface area (Å²) in [4.78, 5) is 26.9. The van der Waals surface area contributed by atoms with Crippen molar-refractivity contribution < 1.29 is 14.3 Å². The largest absolute Gasteiger partial charge is 0.462 e. The van der Waals surface area contributed by atoms with Gasteiger partial charge in [0.1, 0.15) is 5.69 Å². The van der Waals surface area contributed by atoms with Gasteiger partial charge in [-0.05, 0) is 49.6 Å². The van der Waals surface area contributed by atoms with Crippen LogP contribution in [0.15, 0.2) is 42.6 Å². The summed E-state index contributed by atoms with van der Waals surface area (Å²) in [5, 5.41) is 0.506. The Morgan fingerprint density at radius 1 is 1.23 bits per heavy atom. The van der Waals surface area contributed by atoms with Crippen molar-refractivity contribution in [3.8, 4) is 0 Å². The third kappa shape index (κ3) is 4.28. The van der Waals surface area contributed by atoms with E-state index in [4.69, 9.17) is 16.3 Å². The molecular weight excluding hydrogens is 352 g/mol. The summed E-state index contributed by atoms with van der Waals surface area (Å²) in [6.45, 7) is 1.03. The van der Waals surface area contributed by atoms with E-state index in [1.807, 2.05) is 34.8 Å². The fourth-order valence-electron chi connectivity index (χ4n) is 3.38. The Bertz CT molecular complexity index is 787. The van der Waals surface area contributed by atoms with E-state index in [1.54, 1.807) is 24.3 Å². The quantitative estimate of drug-likeness (QED) is 0.745. The van der Waals surface area contributed by atoms with Crippen LogP contribution in [0.25, 0.3) is 0 Å². The number of ether oxygens (including phenoxy) is 1. The summed E-state index contributed by atoms with van der Waals surface area (Å²) in [5.41, 5.74) is 1.13. The molecule has 5 nitrogen and oxygen atoms in total. The van der Waals surface area contributed by atoms with Gasteiger partial charge in [-0.3, -0.25) is 4.79 Å². The lowest BCUT2D eigenvalue weighted by Gasteiger charge is -2.35. The number of hydrogen-bond acceptors (Lipinski definition) is 3. The Hall–Kier alpha value is -2.27. The number of benzene rings is 1. The molecule has 1 aromatic heterocycles. The zero-order valence-corrected chi connectivity index (χ0v) is 15.6. The number of nitrogens with zero attached hydrogens (tertiary/aromatic N) is 2.